The minimum absolute atomic E-state index is 0.189. The van der Waals surface area contributed by atoms with Gasteiger partial charge in [-0.15, -0.1) is 0 Å². The van der Waals surface area contributed by atoms with E-state index in [1.54, 1.807) is 6.20 Å². The Labute approximate surface area is 127 Å². The van der Waals surface area contributed by atoms with E-state index in [4.69, 9.17) is 0 Å². The number of alkyl halides is 2. The molecule has 0 saturated carbocycles. The molecule has 0 unspecified atom stereocenters. The maximum atomic E-state index is 12.5. The van der Waals surface area contributed by atoms with Gasteiger partial charge in [0.15, 0.2) is 0 Å². The minimum Gasteiger partial charge on any atom is -0.268 e. The maximum absolute atomic E-state index is 12.5. The molecule has 0 N–H and O–H groups in total. The summed E-state index contributed by atoms with van der Waals surface area (Å²) in [4.78, 5) is 0. The van der Waals surface area contributed by atoms with Gasteiger partial charge in [-0.2, -0.15) is 10.2 Å². The predicted octanol–water partition coefficient (Wildman–Crippen LogP) is 3.42. The fraction of sp³-hybridized carbons (Fsp3) is 0.250. The predicted molar refractivity (Wildman–Crippen MR) is 78.8 cm³/mol. The lowest BCUT2D eigenvalue weighted by atomic mass is 10.1. The van der Waals surface area contributed by atoms with Crippen LogP contribution in [0, 0.1) is 6.92 Å². The first-order valence-electron chi connectivity index (χ1n) is 6.98. The summed E-state index contributed by atoms with van der Waals surface area (Å²) < 4.78 is 28.4. The summed E-state index contributed by atoms with van der Waals surface area (Å²) in [5.74, 6) is 0. The molecule has 4 nitrogen and oxygen atoms in total. The summed E-state index contributed by atoms with van der Waals surface area (Å²) in [5, 5.41) is 8.10. The van der Waals surface area contributed by atoms with Crippen molar-refractivity contribution in [2.45, 2.75) is 26.4 Å². The first-order chi connectivity index (χ1) is 10.6. The summed E-state index contributed by atoms with van der Waals surface area (Å²) in [6.45, 7) is 3.20. The Morgan fingerprint density at radius 2 is 1.64 bits per heavy atom. The molecule has 2 aromatic heterocycles. The molecule has 0 spiro atoms. The number of halogens is 2. The average Bonchev–Trinajstić information content (AvgIpc) is 3.10. The molecule has 0 atom stereocenters. The van der Waals surface area contributed by atoms with Gasteiger partial charge >= 0.3 is 0 Å². The van der Waals surface area contributed by atoms with Crippen molar-refractivity contribution >= 4 is 0 Å². The van der Waals surface area contributed by atoms with Crippen LogP contribution < -0.4 is 0 Å². The SMILES string of the molecule is Cc1cnn(Cc2ccc(Cn3ccc(C(F)F)n3)cc2)c1. The highest BCUT2D eigenvalue weighted by atomic mass is 19.3. The zero-order valence-corrected chi connectivity index (χ0v) is 12.2. The van der Waals surface area contributed by atoms with Crippen LogP contribution in [0.5, 0.6) is 0 Å². The Balaban J connectivity index is 1.65. The van der Waals surface area contributed by atoms with Gasteiger partial charge in [-0.1, -0.05) is 24.3 Å². The van der Waals surface area contributed by atoms with E-state index in [9.17, 15) is 8.78 Å². The van der Waals surface area contributed by atoms with Gasteiger partial charge in [-0.3, -0.25) is 9.36 Å². The second kappa shape index (κ2) is 6.09. The van der Waals surface area contributed by atoms with Gasteiger partial charge in [0.2, 0.25) is 0 Å². The summed E-state index contributed by atoms with van der Waals surface area (Å²) >= 11 is 0. The lowest BCUT2D eigenvalue weighted by molar-refractivity contribution is 0.145. The van der Waals surface area contributed by atoms with Crippen LogP contribution in [0.25, 0.3) is 0 Å². The van der Waals surface area contributed by atoms with Gasteiger partial charge in [0.25, 0.3) is 6.43 Å². The quantitative estimate of drug-likeness (QED) is 0.724. The second-order valence-electron chi connectivity index (χ2n) is 5.27. The zero-order valence-electron chi connectivity index (χ0n) is 12.2. The van der Waals surface area contributed by atoms with Crippen LogP contribution in [-0.4, -0.2) is 19.6 Å². The van der Waals surface area contributed by atoms with Crippen molar-refractivity contribution in [2.24, 2.45) is 0 Å². The molecule has 6 heteroatoms. The van der Waals surface area contributed by atoms with E-state index in [0.717, 1.165) is 16.7 Å². The van der Waals surface area contributed by atoms with Crippen molar-refractivity contribution < 1.29 is 8.78 Å². The molecule has 0 aliphatic rings. The van der Waals surface area contributed by atoms with Crippen LogP contribution in [0.3, 0.4) is 0 Å². The monoisotopic (exact) mass is 302 g/mol. The highest BCUT2D eigenvalue weighted by Gasteiger charge is 2.10. The van der Waals surface area contributed by atoms with E-state index in [2.05, 4.69) is 10.2 Å². The Bertz CT molecular complexity index is 744. The number of rotatable bonds is 5. The molecular formula is C16H16F2N4. The molecule has 0 aliphatic carbocycles. The van der Waals surface area contributed by atoms with E-state index in [-0.39, 0.29) is 5.69 Å². The van der Waals surface area contributed by atoms with E-state index >= 15 is 0 Å². The Kier molecular flexibility index (Phi) is 4.00. The molecule has 0 saturated heterocycles. The van der Waals surface area contributed by atoms with Gasteiger partial charge in [-0.05, 0) is 29.7 Å². The molecule has 0 amide bonds. The standard InChI is InChI=1S/C16H16F2N4/c1-12-8-19-22(9-12)11-14-4-2-13(3-5-14)10-21-7-6-15(20-21)16(17)18/h2-9,16H,10-11H2,1H3. The first-order valence-corrected chi connectivity index (χ1v) is 6.98. The molecule has 3 aromatic rings. The summed E-state index contributed by atoms with van der Waals surface area (Å²) in [7, 11) is 0. The third kappa shape index (κ3) is 3.39. The highest BCUT2D eigenvalue weighted by Crippen LogP contribution is 2.16. The molecular weight excluding hydrogens is 286 g/mol. The smallest absolute Gasteiger partial charge is 0.268 e. The molecule has 0 fully saturated rings. The number of aromatic nitrogens is 4. The summed E-state index contributed by atoms with van der Waals surface area (Å²) in [6, 6.07) is 9.34. The Morgan fingerprint density at radius 3 is 2.14 bits per heavy atom. The van der Waals surface area contributed by atoms with Crippen LogP contribution in [0.2, 0.25) is 0 Å². The first kappa shape index (κ1) is 14.4. The van der Waals surface area contributed by atoms with Crippen molar-refractivity contribution in [1.29, 1.82) is 0 Å². The lowest BCUT2D eigenvalue weighted by Gasteiger charge is -2.05. The molecule has 114 valence electrons. The van der Waals surface area contributed by atoms with Crippen LogP contribution in [0.1, 0.15) is 28.8 Å². The largest absolute Gasteiger partial charge is 0.282 e. The fourth-order valence-electron chi connectivity index (χ4n) is 2.26. The molecule has 0 aliphatic heterocycles. The van der Waals surface area contributed by atoms with Crippen molar-refractivity contribution in [3.63, 3.8) is 0 Å². The van der Waals surface area contributed by atoms with E-state index in [0.29, 0.717) is 13.1 Å². The van der Waals surface area contributed by atoms with Crippen molar-refractivity contribution in [2.75, 3.05) is 0 Å². The third-order valence-corrected chi connectivity index (χ3v) is 3.36. The van der Waals surface area contributed by atoms with Crippen LogP contribution in [-0.2, 0) is 13.1 Å². The van der Waals surface area contributed by atoms with E-state index in [1.165, 1.54) is 10.7 Å². The molecule has 22 heavy (non-hydrogen) atoms. The molecule has 0 radical (unpaired) electrons. The molecule has 1 aromatic carbocycles. The number of benzene rings is 1. The summed E-state index contributed by atoms with van der Waals surface area (Å²) in [5.41, 5.74) is 3.10. The van der Waals surface area contributed by atoms with Gasteiger partial charge in [0.05, 0.1) is 19.3 Å². The van der Waals surface area contributed by atoms with Crippen molar-refractivity contribution in [3.8, 4) is 0 Å². The fourth-order valence-corrected chi connectivity index (χ4v) is 2.26. The molecule has 2 heterocycles. The minimum atomic E-state index is -2.53. The Morgan fingerprint density at radius 1 is 1.00 bits per heavy atom. The molecule has 0 bridgehead atoms. The topological polar surface area (TPSA) is 35.6 Å². The average molecular weight is 302 g/mol. The second-order valence-corrected chi connectivity index (χ2v) is 5.27. The van der Waals surface area contributed by atoms with Crippen LogP contribution >= 0.6 is 0 Å². The number of nitrogens with zero attached hydrogens (tertiary/aromatic N) is 4. The van der Waals surface area contributed by atoms with Crippen molar-refractivity contribution in [3.05, 3.63) is 71.3 Å². The van der Waals surface area contributed by atoms with Gasteiger partial charge in [0.1, 0.15) is 5.69 Å². The lowest BCUT2D eigenvalue weighted by Crippen LogP contribution is -2.03. The van der Waals surface area contributed by atoms with Gasteiger partial charge in [-0.25, -0.2) is 8.78 Å². The third-order valence-electron chi connectivity index (χ3n) is 3.36. The van der Waals surface area contributed by atoms with Crippen molar-refractivity contribution in [1.82, 2.24) is 19.6 Å². The van der Waals surface area contributed by atoms with Crippen LogP contribution in [0.4, 0.5) is 8.78 Å². The normalized spacial score (nSPS) is 11.3. The number of hydrogen-bond acceptors (Lipinski definition) is 2. The number of hydrogen-bond donors (Lipinski definition) is 0. The van der Waals surface area contributed by atoms with E-state index in [1.807, 2.05) is 48.3 Å². The van der Waals surface area contributed by atoms with Gasteiger partial charge in [0, 0.05) is 12.4 Å². The van der Waals surface area contributed by atoms with E-state index < -0.39 is 6.43 Å². The Hall–Kier alpha value is -2.50. The highest BCUT2D eigenvalue weighted by molar-refractivity contribution is 5.23. The van der Waals surface area contributed by atoms with Gasteiger partial charge < -0.3 is 0 Å². The molecule has 3 rings (SSSR count). The number of aryl methyl sites for hydroxylation is 1. The summed E-state index contributed by atoms with van der Waals surface area (Å²) in [6.07, 6.45) is 2.86. The maximum Gasteiger partial charge on any atom is 0.282 e. The van der Waals surface area contributed by atoms with Crippen LogP contribution in [0.15, 0.2) is 48.9 Å². The zero-order chi connectivity index (χ0) is 15.5.